The van der Waals surface area contributed by atoms with Gasteiger partial charge in [-0.05, 0) is 0 Å². The van der Waals surface area contributed by atoms with Crippen LogP contribution in [0.5, 0.6) is 0 Å². The lowest BCUT2D eigenvalue weighted by atomic mass is 10.3. The number of aliphatic hydroxyl groups excluding tert-OH is 1. The van der Waals surface area contributed by atoms with Crippen molar-refractivity contribution in [3.63, 3.8) is 0 Å². The van der Waals surface area contributed by atoms with Gasteiger partial charge < -0.3 is 5.11 Å². The number of hydrogen-bond donors (Lipinski definition) is 1. The Bertz CT molecular complexity index is 181. The first-order chi connectivity index (χ1) is 3.84. The lowest BCUT2D eigenvalue weighted by Crippen LogP contribution is -1.80. The minimum Gasteiger partial charge on any atom is -0.505 e. The van der Waals surface area contributed by atoms with Gasteiger partial charge in [-0.15, -0.1) is 0 Å². The van der Waals surface area contributed by atoms with E-state index in [1.165, 1.54) is 0 Å². The molecule has 0 heterocycles. The van der Waals surface area contributed by atoms with Crippen LogP contribution in [0.3, 0.4) is 0 Å². The van der Waals surface area contributed by atoms with Crippen molar-refractivity contribution in [1.82, 2.24) is 0 Å². The Morgan fingerprint density at radius 1 is 1.75 bits per heavy atom. The van der Waals surface area contributed by atoms with Crippen molar-refractivity contribution in [1.29, 1.82) is 5.39 Å². The summed E-state index contributed by atoms with van der Waals surface area (Å²) in [6.07, 6.45) is 4.62. The summed E-state index contributed by atoms with van der Waals surface area (Å²) in [4.78, 5) is 2.64. The molecule has 0 amide bonds. The predicted molar refractivity (Wildman–Crippen MR) is 28.4 cm³/mol. The third-order valence-corrected chi connectivity index (χ3v) is 0.916. The number of hydrogen-bond acceptors (Lipinski definition) is 2. The Kier molecular flexibility index (Phi) is 1.01. The quantitative estimate of drug-likeness (QED) is 0.314. The molecule has 40 valence electrons. The monoisotopic (exact) mass is 109 g/mol. The SMILES string of the molecule is N#[N+]/C=C(/O)C1C=C1. The second-order valence-electron chi connectivity index (χ2n) is 1.58. The van der Waals surface area contributed by atoms with Gasteiger partial charge in [0.2, 0.25) is 5.39 Å². The zero-order valence-electron chi connectivity index (χ0n) is 4.15. The lowest BCUT2D eigenvalue weighted by Gasteiger charge is -1.82. The number of allylic oxidation sites excluding steroid dienone is 1. The minimum absolute atomic E-state index is 0.0332. The zero-order chi connectivity index (χ0) is 5.98. The van der Waals surface area contributed by atoms with Crippen LogP contribution in [0, 0.1) is 11.3 Å². The normalized spacial score (nSPS) is 18.1. The number of aliphatic hydroxyl groups is 1. The molecular formula is C5H5N2O+. The van der Waals surface area contributed by atoms with Crippen molar-refractivity contribution in [2.45, 2.75) is 0 Å². The highest BCUT2D eigenvalue weighted by molar-refractivity contribution is 5.26. The van der Waals surface area contributed by atoms with Crippen LogP contribution in [-0.2, 0) is 0 Å². The van der Waals surface area contributed by atoms with Crippen LogP contribution < -0.4 is 0 Å². The molecule has 3 nitrogen and oxygen atoms in total. The topological polar surface area (TPSA) is 48.4 Å². The van der Waals surface area contributed by atoms with Crippen LogP contribution in [0.25, 0.3) is 4.98 Å². The fourth-order valence-electron chi connectivity index (χ4n) is 0.398. The van der Waals surface area contributed by atoms with Gasteiger partial charge in [-0.1, -0.05) is 12.2 Å². The van der Waals surface area contributed by atoms with Crippen molar-refractivity contribution >= 4 is 0 Å². The summed E-state index contributed by atoms with van der Waals surface area (Å²) in [5, 5.41) is 16.6. The van der Waals surface area contributed by atoms with Crippen LogP contribution in [0.4, 0.5) is 0 Å². The summed E-state index contributed by atoms with van der Waals surface area (Å²) in [7, 11) is 0. The first kappa shape index (κ1) is 4.85. The second-order valence-corrected chi connectivity index (χ2v) is 1.58. The summed E-state index contributed by atoms with van der Waals surface area (Å²) in [6, 6.07) is 0. The highest BCUT2D eigenvalue weighted by atomic mass is 16.3. The molecule has 1 rings (SSSR count). The molecule has 0 aromatic rings. The standard InChI is InChI=1S/C5H4N2O/c6-7-3-5(8)4-1-2-4/h1-4H/p+1/b5-3+. The van der Waals surface area contributed by atoms with Gasteiger partial charge in [0.25, 0.3) is 0 Å². The van der Waals surface area contributed by atoms with Crippen molar-refractivity contribution in [3.8, 4) is 0 Å². The minimum atomic E-state index is 0.0332. The predicted octanol–water partition coefficient (Wildman–Crippen LogP) is 1.42. The van der Waals surface area contributed by atoms with Gasteiger partial charge >= 0.3 is 6.20 Å². The van der Waals surface area contributed by atoms with E-state index in [9.17, 15) is 0 Å². The van der Waals surface area contributed by atoms with Gasteiger partial charge in [0.05, 0.1) is 5.92 Å². The molecule has 0 unspecified atom stereocenters. The summed E-state index contributed by atoms with van der Waals surface area (Å²) in [5.74, 6) is 0.124. The Morgan fingerprint density at radius 2 is 2.38 bits per heavy atom. The number of rotatable bonds is 1. The van der Waals surface area contributed by atoms with Crippen molar-refractivity contribution in [2.75, 3.05) is 0 Å². The molecule has 3 heteroatoms. The summed E-state index contributed by atoms with van der Waals surface area (Å²) in [5.41, 5.74) is 0. The number of diazo groups is 1. The van der Waals surface area contributed by atoms with Gasteiger partial charge in [0.1, 0.15) is 0 Å². The van der Waals surface area contributed by atoms with Crippen LogP contribution >= 0.6 is 0 Å². The molecule has 1 aliphatic rings. The molecule has 0 saturated heterocycles. The third-order valence-electron chi connectivity index (χ3n) is 0.916. The fourth-order valence-corrected chi connectivity index (χ4v) is 0.398. The van der Waals surface area contributed by atoms with E-state index < -0.39 is 0 Å². The maximum atomic E-state index is 8.73. The summed E-state index contributed by atoms with van der Waals surface area (Å²) < 4.78 is 0. The maximum Gasteiger partial charge on any atom is 0.388 e. The molecule has 0 aliphatic heterocycles. The van der Waals surface area contributed by atoms with E-state index in [2.05, 4.69) is 4.98 Å². The van der Waals surface area contributed by atoms with Gasteiger partial charge in [0, 0.05) is 0 Å². The Balaban J connectivity index is 2.47. The fraction of sp³-hybridized carbons (Fsp3) is 0.200. The largest absolute Gasteiger partial charge is 0.505 e. The molecule has 0 fully saturated rings. The van der Waals surface area contributed by atoms with Gasteiger partial charge in [-0.25, -0.2) is 0 Å². The summed E-state index contributed by atoms with van der Waals surface area (Å²) >= 11 is 0. The van der Waals surface area contributed by atoms with E-state index in [1.54, 1.807) is 12.2 Å². The van der Waals surface area contributed by atoms with Crippen molar-refractivity contribution in [2.24, 2.45) is 5.92 Å². The van der Waals surface area contributed by atoms with E-state index in [-0.39, 0.29) is 11.7 Å². The molecular weight excluding hydrogens is 104 g/mol. The van der Waals surface area contributed by atoms with Crippen LogP contribution in [0.15, 0.2) is 24.1 Å². The Morgan fingerprint density at radius 3 is 2.75 bits per heavy atom. The average Bonchev–Trinajstić information content (AvgIpc) is 2.45. The number of nitrogens with zero attached hydrogens (tertiary/aromatic N) is 2. The molecule has 0 aromatic heterocycles. The first-order valence-corrected chi connectivity index (χ1v) is 2.26. The molecule has 0 bridgehead atoms. The van der Waals surface area contributed by atoms with Crippen LogP contribution in [0.2, 0.25) is 0 Å². The van der Waals surface area contributed by atoms with E-state index >= 15 is 0 Å². The zero-order valence-corrected chi connectivity index (χ0v) is 4.15. The van der Waals surface area contributed by atoms with Crippen LogP contribution in [0.1, 0.15) is 0 Å². The highest BCUT2D eigenvalue weighted by Gasteiger charge is 2.18. The molecule has 0 radical (unpaired) electrons. The molecule has 0 atom stereocenters. The molecule has 0 spiro atoms. The molecule has 1 aliphatic carbocycles. The molecule has 8 heavy (non-hydrogen) atoms. The summed E-state index contributed by atoms with van der Waals surface area (Å²) in [6.45, 7) is 0. The van der Waals surface area contributed by atoms with E-state index in [1.807, 2.05) is 0 Å². The van der Waals surface area contributed by atoms with Crippen molar-refractivity contribution < 1.29 is 5.11 Å². The lowest BCUT2D eigenvalue weighted by molar-refractivity contribution is 0.387. The molecule has 1 N–H and O–H groups in total. The van der Waals surface area contributed by atoms with E-state index in [0.29, 0.717) is 0 Å². The van der Waals surface area contributed by atoms with Gasteiger partial charge in [0.15, 0.2) is 10.7 Å². The molecule has 0 saturated carbocycles. The Labute approximate surface area is 46.6 Å². The van der Waals surface area contributed by atoms with Gasteiger partial charge in [-0.2, -0.15) is 0 Å². The molecule has 0 aromatic carbocycles. The Hall–Kier alpha value is -1.30. The maximum absolute atomic E-state index is 8.73. The average molecular weight is 109 g/mol. The first-order valence-electron chi connectivity index (χ1n) is 2.26. The highest BCUT2D eigenvalue weighted by Crippen LogP contribution is 2.22. The third kappa shape index (κ3) is 0.850. The smallest absolute Gasteiger partial charge is 0.388 e. The van der Waals surface area contributed by atoms with Gasteiger partial charge in [-0.3, -0.25) is 0 Å². The van der Waals surface area contributed by atoms with E-state index in [4.69, 9.17) is 10.5 Å². The van der Waals surface area contributed by atoms with Crippen LogP contribution in [-0.4, -0.2) is 5.11 Å². The van der Waals surface area contributed by atoms with Crippen molar-refractivity contribution in [3.05, 3.63) is 29.1 Å². The second kappa shape index (κ2) is 1.66. The van der Waals surface area contributed by atoms with E-state index in [0.717, 1.165) is 6.20 Å².